The highest BCUT2D eigenvalue weighted by Crippen LogP contribution is 2.42. The van der Waals surface area contributed by atoms with E-state index in [9.17, 15) is 0 Å². The van der Waals surface area contributed by atoms with Crippen LogP contribution in [0.4, 0.5) is 0 Å². The van der Waals surface area contributed by atoms with Crippen LogP contribution in [0.15, 0.2) is 0 Å². The van der Waals surface area contributed by atoms with Crippen molar-refractivity contribution in [1.82, 2.24) is 0 Å². The average molecular weight is 297 g/mol. The first kappa shape index (κ1) is 18.4. The minimum absolute atomic E-state index is 0. The molecule has 1 aliphatic rings. The van der Waals surface area contributed by atoms with E-state index in [1.54, 1.807) is 0 Å². The smallest absolute Gasteiger partial charge is 0.371 e. The molecular weight excluding hydrogens is 268 g/mol. The van der Waals surface area contributed by atoms with E-state index in [0.29, 0.717) is 0 Å². The molecule has 0 amide bonds. The Morgan fingerprint density at radius 1 is 0.944 bits per heavy atom. The molecule has 1 fully saturated rings. The molecule has 1 atom stereocenters. The Kier molecular flexibility index (Phi) is 8.72. The third-order valence-corrected chi connectivity index (χ3v) is 8.44. The second kappa shape index (κ2) is 8.54. The van der Waals surface area contributed by atoms with E-state index in [0.717, 1.165) is 38.7 Å². The quantitative estimate of drug-likeness (QED) is 0.668. The van der Waals surface area contributed by atoms with Crippen LogP contribution >= 0.6 is 12.4 Å². The van der Waals surface area contributed by atoms with Crippen LogP contribution in [0.1, 0.15) is 53.4 Å². The van der Waals surface area contributed by atoms with Crippen LogP contribution in [-0.4, -0.2) is 33.6 Å². The van der Waals surface area contributed by atoms with Crippen LogP contribution in [0.25, 0.3) is 0 Å². The van der Waals surface area contributed by atoms with Gasteiger partial charge in [-0.25, -0.2) is 0 Å². The van der Waals surface area contributed by atoms with E-state index in [1.165, 1.54) is 12.8 Å². The molecule has 0 aromatic heterocycles. The fourth-order valence-electron chi connectivity index (χ4n) is 3.11. The van der Waals surface area contributed by atoms with E-state index in [2.05, 4.69) is 27.7 Å². The summed E-state index contributed by atoms with van der Waals surface area (Å²) in [4.78, 5) is 0. The van der Waals surface area contributed by atoms with E-state index in [1.807, 2.05) is 0 Å². The van der Waals surface area contributed by atoms with E-state index < -0.39 is 8.56 Å². The summed E-state index contributed by atoms with van der Waals surface area (Å²) in [7, 11) is -2.21. The third-order valence-electron chi connectivity index (χ3n) is 3.78. The van der Waals surface area contributed by atoms with Gasteiger partial charge in [0.25, 0.3) is 0 Å². The highest BCUT2D eigenvalue weighted by molar-refractivity contribution is 6.70. The van der Waals surface area contributed by atoms with Gasteiger partial charge in [0.05, 0.1) is 0 Å². The molecule has 3 nitrogen and oxygen atoms in total. The van der Waals surface area contributed by atoms with Gasteiger partial charge in [0.15, 0.2) is 0 Å². The minimum Gasteiger partial charge on any atom is -0.393 e. The Balaban J connectivity index is 0.00000289. The van der Waals surface area contributed by atoms with Gasteiger partial charge in [-0.3, -0.25) is 0 Å². The summed E-state index contributed by atoms with van der Waals surface area (Å²) in [6.45, 7) is 10.6. The van der Waals surface area contributed by atoms with Gasteiger partial charge < -0.3 is 13.6 Å². The van der Waals surface area contributed by atoms with Gasteiger partial charge in [-0.2, -0.15) is 0 Å². The summed E-state index contributed by atoms with van der Waals surface area (Å²) in [5.41, 5.74) is 0. The molecule has 110 valence electrons. The number of hydrogen-bond donors (Lipinski definition) is 0. The van der Waals surface area contributed by atoms with Crippen LogP contribution in [-0.2, 0) is 13.6 Å². The fraction of sp³-hybridized carbons (Fsp3) is 1.00. The topological polar surface area (TPSA) is 27.7 Å². The molecular formula is C13H29ClO3Si. The van der Waals surface area contributed by atoms with Crippen molar-refractivity contribution in [3.8, 4) is 0 Å². The summed E-state index contributed by atoms with van der Waals surface area (Å²) < 4.78 is 18.5. The second-order valence-electron chi connectivity index (χ2n) is 4.61. The summed E-state index contributed by atoms with van der Waals surface area (Å²) in [6.07, 6.45) is 4.57. The molecule has 5 heteroatoms. The van der Waals surface area contributed by atoms with Gasteiger partial charge in [-0.1, -0.05) is 19.8 Å². The van der Waals surface area contributed by atoms with Crippen molar-refractivity contribution >= 4 is 21.0 Å². The van der Waals surface area contributed by atoms with Gasteiger partial charge in [-0.15, -0.1) is 12.4 Å². The lowest BCUT2D eigenvalue weighted by molar-refractivity contribution is -0.0426. The predicted molar refractivity (Wildman–Crippen MR) is 79.6 cm³/mol. The van der Waals surface area contributed by atoms with Crippen LogP contribution in [0, 0.1) is 0 Å². The zero-order valence-electron chi connectivity index (χ0n) is 12.3. The number of halogens is 1. The van der Waals surface area contributed by atoms with Crippen molar-refractivity contribution in [2.75, 3.05) is 19.8 Å². The summed E-state index contributed by atoms with van der Waals surface area (Å²) in [5.74, 6) is 0. The SMILES string of the molecule is CCOC1(CC)CCCC[Si]1(OCC)OCC.Cl. The van der Waals surface area contributed by atoms with Gasteiger partial charge in [-0.05, 0) is 39.7 Å². The molecule has 0 spiro atoms. The summed E-state index contributed by atoms with van der Waals surface area (Å²) in [5, 5.41) is -0.119. The van der Waals surface area contributed by atoms with E-state index in [-0.39, 0.29) is 17.6 Å². The molecule has 0 N–H and O–H groups in total. The van der Waals surface area contributed by atoms with E-state index >= 15 is 0 Å². The van der Waals surface area contributed by atoms with Crippen LogP contribution in [0.5, 0.6) is 0 Å². The first-order valence-electron chi connectivity index (χ1n) is 7.12. The molecule has 0 radical (unpaired) electrons. The molecule has 0 saturated carbocycles. The van der Waals surface area contributed by atoms with E-state index in [4.69, 9.17) is 13.6 Å². The van der Waals surface area contributed by atoms with Gasteiger partial charge >= 0.3 is 8.56 Å². The Morgan fingerprint density at radius 3 is 2.00 bits per heavy atom. The molecule has 1 saturated heterocycles. The maximum atomic E-state index is 6.16. The van der Waals surface area contributed by atoms with Crippen molar-refractivity contribution in [2.24, 2.45) is 0 Å². The standard InChI is InChI=1S/C13H28O3Si.ClH/c1-5-13(14-6-2)11-9-10-12-17(13,15-7-3)16-8-4;/h5-12H2,1-4H3;1H. The zero-order chi connectivity index (χ0) is 12.8. The second-order valence-corrected chi connectivity index (χ2v) is 8.10. The number of ether oxygens (including phenoxy) is 1. The Bertz CT molecular complexity index is 213. The molecule has 1 unspecified atom stereocenters. The third kappa shape index (κ3) is 3.48. The maximum Gasteiger partial charge on any atom is 0.371 e. The normalized spacial score (nSPS) is 26.7. The maximum absolute atomic E-state index is 6.16. The van der Waals surface area contributed by atoms with Crippen LogP contribution in [0.3, 0.4) is 0 Å². The van der Waals surface area contributed by atoms with Crippen LogP contribution < -0.4 is 0 Å². The Morgan fingerprint density at radius 2 is 1.56 bits per heavy atom. The minimum atomic E-state index is -2.21. The Labute approximate surface area is 119 Å². The van der Waals surface area contributed by atoms with Crippen molar-refractivity contribution in [3.63, 3.8) is 0 Å². The molecule has 0 aromatic carbocycles. The first-order valence-corrected chi connectivity index (χ1v) is 9.14. The van der Waals surface area contributed by atoms with Crippen molar-refractivity contribution in [1.29, 1.82) is 0 Å². The van der Waals surface area contributed by atoms with Gasteiger partial charge in [0, 0.05) is 19.8 Å². The lowest BCUT2D eigenvalue weighted by atomic mass is 10.1. The first-order chi connectivity index (χ1) is 8.20. The lowest BCUT2D eigenvalue weighted by Crippen LogP contribution is -2.65. The highest BCUT2D eigenvalue weighted by atomic mass is 35.5. The predicted octanol–water partition coefficient (Wildman–Crippen LogP) is 3.83. The molecule has 0 aliphatic carbocycles. The number of hydrogen-bond acceptors (Lipinski definition) is 3. The van der Waals surface area contributed by atoms with Crippen molar-refractivity contribution < 1.29 is 13.6 Å². The molecule has 18 heavy (non-hydrogen) atoms. The van der Waals surface area contributed by atoms with Gasteiger partial charge in [0.1, 0.15) is 5.22 Å². The largest absolute Gasteiger partial charge is 0.393 e. The summed E-state index contributed by atoms with van der Waals surface area (Å²) in [6, 6.07) is 1.09. The fourth-order valence-corrected chi connectivity index (χ4v) is 7.57. The molecule has 1 aliphatic heterocycles. The Hall–Kier alpha value is 0.387. The monoisotopic (exact) mass is 296 g/mol. The van der Waals surface area contributed by atoms with Crippen molar-refractivity contribution in [2.45, 2.75) is 64.6 Å². The molecule has 0 bridgehead atoms. The van der Waals surface area contributed by atoms with Gasteiger partial charge in [0.2, 0.25) is 0 Å². The summed E-state index contributed by atoms with van der Waals surface area (Å²) >= 11 is 0. The molecule has 1 heterocycles. The molecule has 0 aromatic rings. The lowest BCUT2D eigenvalue weighted by Gasteiger charge is -2.49. The van der Waals surface area contributed by atoms with Crippen molar-refractivity contribution in [3.05, 3.63) is 0 Å². The number of rotatable bonds is 7. The average Bonchev–Trinajstić information content (AvgIpc) is 2.33. The highest BCUT2D eigenvalue weighted by Gasteiger charge is 2.58. The zero-order valence-corrected chi connectivity index (χ0v) is 14.1. The molecule has 1 rings (SSSR count). The van der Waals surface area contributed by atoms with Crippen LogP contribution in [0.2, 0.25) is 6.04 Å².